The maximum atomic E-state index is 15.0. The van der Waals surface area contributed by atoms with E-state index in [1.54, 1.807) is 12.1 Å². The Morgan fingerprint density at radius 3 is 1.00 bits per heavy atom. The van der Waals surface area contributed by atoms with Crippen LogP contribution in [0.15, 0.2) is 36.4 Å². The van der Waals surface area contributed by atoms with Gasteiger partial charge < -0.3 is 4.74 Å². The Morgan fingerprint density at radius 1 is 0.381 bits per heavy atom. The Kier molecular flexibility index (Phi) is 22.2. The molecule has 0 bridgehead atoms. The highest BCUT2D eigenvalue weighted by Crippen LogP contribution is 2.50. The van der Waals surface area contributed by atoms with Gasteiger partial charge in [-0.05, 0) is 160 Å². The molecule has 0 spiro atoms. The van der Waals surface area contributed by atoms with Gasteiger partial charge in [0, 0.05) is 0 Å². The van der Waals surface area contributed by atoms with E-state index in [0.717, 1.165) is 75.0 Å². The second kappa shape index (κ2) is 27.7. The van der Waals surface area contributed by atoms with Gasteiger partial charge >= 0.3 is 0 Å². The standard InChI is InChI=1S/C58H90F4O/c1-3-5-7-9-11-13-15-17-19-43-21-25-45(26-22-43)47-29-33-49(34-30-47)57(51-37-39-53(59)55(61)41-51)63-58(52-38-40-54(60)56(62)42-52)50-35-31-48(32-36-50)46-27-23-44(24-28-46)20-18-16-14-12-10-8-6-4-2/h37-50,57-58H,3-36H2,1-2H3/t43-,44-,45-,46-,47-,48-,49-,50-,57?,58?. The Balaban J connectivity index is 1.02. The quantitative estimate of drug-likeness (QED) is 0.0676. The predicted octanol–water partition coefficient (Wildman–Crippen LogP) is 19.3. The highest BCUT2D eigenvalue weighted by molar-refractivity contribution is 5.24. The van der Waals surface area contributed by atoms with Gasteiger partial charge in [-0.1, -0.05) is 167 Å². The lowest BCUT2D eigenvalue weighted by molar-refractivity contribution is -0.0937. The number of benzene rings is 2. The molecule has 6 rings (SSSR count). The normalized spacial score (nSPS) is 27.9. The molecule has 2 aromatic rings. The largest absolute Gasteiger partial charge is 0.365 e. The zero-order valence-electron chi connectivity index (χ0n) is 40.2. The zero-order valence-corrected chi connectivity index (χ0v) is 40.2. The van der Waals surface area contributed by atoms with Crippen LogP contribution in [0.1, 0.15) is 255 Å². The minimum atomic E-state index is -0.851. The summed E-state index contributed by atoms with van der Waals surface area (Å²) in [5.74, 6) is 1.73. The molecule has 1 nitrogen and oxygen atoms in total. The van der Waals surface area contributed by atoms with E-state index < -0.39 is 35.5 Å². The van der Waals surface area contributed by atoms with E-state index in [4.69, 9.17) is 4.74 Å². The molecular weight excluding hydrogens is 789 g/mol. The molecule has 2 atom stereocenters. The number of hydrogen-bond donors (Lipinski definition) is 0. The van der Waals surface area contributed by atoms with Crippen LogP contribution in [0, 0.1) is 70.6 Å². The first-order valence-corrected chi connectivity index (χ1v) is 27.4. The Morgan fingerprint density at radius 2 is 0.683 bits per heavy atom. The molecule has 2 unspecified atom stereocenters. The lowest BCUT2D eigenvalue weighted by Gasteiger charge is -2.43. The summed E-state index contributed by atoms with van der Waals surface area (Å²) in [5, 5.41) is 0. The zero-order chi connectivity index (χ0) is 44.2. The van der Waals surface area contributed by atoms with Crippen molar-refractivity contribution in [2.24, 2.45) is 47.3 Å². The van der Waals surface area contributed by atoms with E-state index in [1.807, 2.05) is 0 Å². The third-order valence-corrected chi connectivity index (χ3v) is 17.4. The second-order valence-corrected chi connectivity index (χ2v) is 21.8. The lowest BCUT2D eigenvalue weighted by Crippen LogP contribution is -2.31. The van der Waals surface area contributed by atoms with E-state index >= 15 is 0 Å². The van der Waals surface area contributed by atoms with Gasteiger partial charge in [-0.2, -0.15) is 0 Å². The molecule has 0 radical (unpaired) electrons. The fourth-order valence-electron chi connectivity index (χ4n) is 13.3. The summed E-state index contributed by atoms with van der Waals surface area (Å²) >= 11 is 0. The van der Waals surface area contributed by atoms with Crippen LogP contribution in [0.2, 0.25) is 0 Å². The highest BCUT2D eigenvalue weighted by atomic mass is 19.2. The summed E-state index contributed by atoms with van der Waals surface area (Å²) in [6.45, 7) is 4.57. The summed E-state index contributed by atoms with van der Waals surface area (Å²) in [4.78, 5) is 0. The molecule has 0 aliphatic heterocycles. The van der Waals surface area contributed by atoms with Crippen molar-refractivity contribution in [1.29, 1.82) is 0 Å². The van der Waals surface area contributed by atoms with E-state index in [9.17, 15) is 17.6 Å². The maximum Gasteiger partial charge on any atom is 0.159 e. The molecular formula is C58H90F4O. The number of rotatable bonds is 26. The van der Waals surface area contributed by atoms with Gasteiger partial charge in [-0.3, -0.25) is 0 Å². The third kappa shape index (κ3) is 16.2. The van der Waals surface area contributed by atoms with Gasteiger partial charge in [0.1, 0.15) is 0 Å². The van der Waals surface area contributed by atoms with Crippen molar-refractivity contribution in [3.63, 3.8) is 0 Å². The van der Waals surface area contributed by atoms with Crippen LogP contribution in [0.25, 0.3) is 0 Å². The average Bonchev–Trinajstić information content (AvgIpc) is 3.31. The molecule has 5 heteroatoms. The van der Waals surface area contributed by atoms with E-state index in [2.05, 4.69) is 13.8 Å². The highest BCUT2D eigenvalue weighted by Gasteiger charge is 2.39. The monoisotopic (exact) mass is 879 g/mol. The number of unbranched alkanes of at least 4 members (excludes halogenated alkanes) is 14. The van der Waals surface area contributed by atoms with Crippen molar-refractivity contribution in [3.05, 3.63) is 70.8 Å². The minimum Gasteiger partial charge on any atom is -0.365 e. The summed E-state index contributed by atoms with van der Waals surface area (Å²) < 4.78 is 66.0. The van der Waals surface area contributed by atoms with Gasteiger partial charge in [0.2, 0.25) is 0 Å². The fraction of sp³-hybridized carbons (Fsp3) is 0.793. The molecule has 2 aromatic carbocycles. The number of halogens is 4. The molecule has 63 heavy (non-hydrogen) atoms. The van der Waals surface area contributed by atoms with Crippen molar-refractivity contribution < 1.29 is 22.3 Å². The second-order valence-electron chi connectivity index (χ2n) is 21.8. The molecule has 4 fully saturated rings. The summed E-state index contributed by atoms with van der Waals surface area (Å²) in [5.41, 5.74) is 1.34. The Bertz CT molecular complexity index is 1410. The average molecular weight is 879 g/mol. The number of hydrogen-bond acceptors (Lipinski definition) is 1. The van der Waals surface area contributed by atoms with Crippen LogP contribution in [0.3, 0.4) is 0 Å². The van der Waals surface area contributed by atoms with Crippen LogP contribution in [0.5, 0.6) is 0 Å². The molecule has 356 valence electrons. The summed E-state index contributed by atoms with van der Waals surface area (Å²) in [6.07, 6.45) is 43.6. The van der Waals surface area contributed by atoms with Crippen molar-refractivity contribution in [2.45, 2.75) is 244 Å². The smallest absolute Gasteiger partial charge is 0.159 e. The first-order chi connectivity index (χ1) is 30.8. The SMILES string of the molecule is CCCCCCCCCC[C@H]1CC[C@H]([C@H]2CC[C@H](C(OC(c3ccc(F)c(F)c3)[C@H]3CC[C@H]([C@H]4CC[C@H](CCCCCCCCCC)CC4)CC3)c3ccc(F)c(F)c3)CC2)CC1. The van der Waals surface area contributed by atoms with Crippen LogP contribution >= 0.6 is 0 Å². The molecule has 0 amide bonds. The van der Waals surface area contributed by atoms with Gasteiger partial charge in [0.05, 0.1) is 12.2 Å². The van der Waals surface area contributed by atoms with E-state index in [-0.39, 0.29) is 11.8 Å². The predicted molar refractivity (Wildman–Crippen MR) is 256 cm³/mol. The van der Waals surface area contributed by atoms with Gasteiger partial charge in [-0.15, -0.1) is 0 Å². The number of ether oxygens (including phenoxy) is 1. The van der Waals surface area contributed by atoms with E-state index in [0.29, 0.717) is 23.0 Å². The van der Waals surface area contributed by atoms with Crippen LogP contribution < -0.4 is 0 Å². The van der Waals surface area contributed by atoms with Crippen LogP contribution in [-0.2, 0) is 4.74 Å². The Labute approximate surface area is 383 Å². The molecule has 4 saturated carbocycles. The third-order valence-electron chi connectivity index (χ3n) is 17.4. The van der Waals surface area contributed by atoms with Gasteiger partial charge in [0.25, 0.3) is 0 Å². The summed E-state index contributed by atoms with van der Waals surface area (Å²) in [7, 11) is 0. The first-order valence-electron chi connectivity index (χ1n) is 27.4. The Hall–Kier alpha value is -1.88. The molecule has 0 saturated heterocycles. The first kappa shape index (κ1) is 50.5. The molecule has 4 aliphatic rings. The topological polar surface area (TPSA) is 9.23 Å². The van der Waals surface area contributed by atoms with Gasteiger partial charge in [-0.25, -0.2) is 17.6 Å². The van der Waals surface area contributed by atoms with E-state index in [1.165, 1.54) is 191 Å². The molecule has 0 N–H and O–H groups in total. The summed E-state index contributed by atoms with van der Waals surface area (Å²) in [6, 6.07) is 8.55. The fourth-order valence-corrected chi connectivity index (χ4v) is 13.3. The van der Waals surface area contributed by atoms with Crippen molar-refractivity contribution in [1.82, 2.24) is 0 Å². The molecule has 0 aromatic heterocycles. The maximum absolute atomic E-state index is 15.0. The lowest BCUT2D eigenvalue weighted by atomic mass is 9.67. The van der Waals surface area contributed by atoms with Crippen molar-refractivity contribution in [2.75, 3.05) is 0 Å². The van der Waals surface area contributed by atoms with Crippen LogP contribution in [-0.4, -0.2) is 0 Å². The minimum absolute atomic E-state index is 0.162. The molecule has 4 aliphatic carbocycles. The van der Waals surface area contributed by atoms with Gasteiger partial charge in [0.15, 0.2) is 23.3 Å². The molecule has 0 heterocycles. The van der Waals surface area contributed by atoms with Crippen molar-refractivity contribution in [3.8, 4) is 0 Å². The van der Waals surface area contributed by atoms with Crippen LogP contribution in [0.4, 0.5) is 17.6 Å². The van der Waals surface area contributed by atoms with Crippen molar-refractivity contribution >= 4 is 0 Å².